The number of hydrogen-bond acceptors (Lipinski definition) is 3. The van der Waals surface area contributed by atoms with Crippen molar-refractivity contribution in [1.29, 1.82) is 0 Å². The second kappa shape index (κ2) is 5.05. The van der Waals surface area contributed by atoms with Crippen LogP contribution in [0.15, 0.2) is 17.2 Å². The van der Waals surface area contributed by atoms with Crippen molar-refractivity contribution in [2.75, 3.05) is 5.32 Å². The van der Waals surface area contributed by atoms with Gasteiger partial charge in [0, 0.05) is 18.9 Å². The summed E-state index contributed by atoms with van der Waals surface area (Å²) in [5.41, 5.74) is -0.715. The third-order valence-electron chi connectivity index (χ3n) is 2.27. The molecule has 4 heteroatoms. The standard InChI is InChI=1S/C13H19N3O/c1-6-13(4,5)15-11-12(17)16(8-7-14-11)9-10(2)3/h1,7-8,10H,9H2,2-5H3,(H,14,15). The Bertz CT molecular complexity index is 480. The third-order valence-corrected chi connectivity index (χ3v) is 2.27. The second-order valence-corrected chi connectivity index (χ2v) is 5.02. The van der Waals surface area contributed by atoms with Crippen LogP contribution in [0.25, 0.3) is 0 Å². The Balaban J connectivity index is 3.04. The minimum atomic E-state index is -0.580. The minimum absolute atomic E-state index is 0.135. The molecule has 0 atom stereocenters. The van der Waals surface area contributed by atoms with Crippen LogP contribution in [0, 0.1) is 18.3 Å². The number of hydrogen-bond donors (Lipinski definition) is 1. The van der Waals surface area contributed by atoms with E-state index in [0.29, 0.717) is 18.3 Å². The lowest BCUT2D eigenvalue weighted by atomic mass is 10.1. The molecule has 17 heavy (non-hydrogen) atoms. The maximum absolute atomic E-state index is 12.1. The summed E-state index contributed by atoms with van der Waals surface area (Å²) in [6, 6.07) is 0. The van der Waals surface area contributed by atoms with Crippen LogP contribution in [0.2, 0.25) is 0 Å². The van der Waals surface area contributed by atoms with Gasteiger partial charge in [-0.3, -0.25) is 4.79 Å². The largest absolute Gasteiger partial charge is 0.350 e. The van der Waals surface area contributed by atoms with E-state index in [1.807, 2.05) is 13.8 Å². The lowest BCUT2D eigenvalue weighted by Gasteiger charge is -2.20. The smallest absolute Gasteiger partial charge is 0.293 e. The van der Waals surface area contributed by atoms with Gasteiger partial charge in [-0.15, -0.1) is 6.42 Å². The van der Waals surface area contributed by atoms with Crippen molar-refractivity contribution in [3.8, 4) is 12.3 Å². The first-order valence-electron chi connectivity index (χ1n) is 5.67. The highest BCUT2D eigenvalue weighted by Crippen LogP contribution is 2.07. The Morgan fingerprint density at radius 2 is 2.24 bits per heavy atom. The van der Waals surface area contributed by atoms with E-state index in [-0.39, 0.29) is 5.56 Å². The van der Waals surface area contributed by atoms with Gasteiger partial charge in [0.1, 0.15) is 0 Å². The van der Waals surface area contributed by atoms with Gasteiger partial charge in [-0.2, -0.15) is 0 Å². The van der Waals surface area contributed by atoms with Gasteiger partial charge in [-0.05, 0) is 19.8 Å². The van der Waals surface area contributed by atoms with Crippen molar-refractivity contribution in [3.63, 3.8) is 0 Å². The van der Waals surface area contributed by atoms with Crippen molar-refractivity contribution in [2.24, 2.45) is 5.92 Å². The average molecular weight is 233 g/mol. The van der Waals surface area contributed by atoms with E-state index < -0.39 is 5.54 Å². The Labute approximate surface area is 102 Å². The van der Waals surface area contributed by atoms with Gasteiger partial charge in [-0.1, -0.05) is 19.8 Å². The molecule has 1 aromatic heterocycles. The molecule has 1 N–H and O–H groups in total. The third kappa shape index (κ3) is 3.63. The van der Waals surface area contributed by atoms with Crippen LogP contribution >= 0.6 is 0 Å². The molecule has 0 aliphatic rings. The molecule has 0 aromatic carbocycles. The van der Waals surface area contributed by atoms with E-state index in [1.165, 1.54) is 0 Å². The first-order chi connectivity index (χ1) is 7.85. The molecule has 0 aliphatic heterocycles. The lowest BCUT2D eigenvalue weighted by molar-refractivity contribution is 0.509. The molecule has 4 nitrogen and oxygen atoms in total. The molecule has 0 amide bonds. The molecule has 0 unspecified atom stereocenters. The fourth-order valence-electron chi connectivity index (χ4n) is 1.40. The Kier molecular flexibility index (Phi) is 3.95. The van der Waals surface area contributed by atoms with E-state index in [4.69, 9.17) is 6.42 Å². The fraction of sp³-hybridized carbons (Fsp3) is 0.538. The van der Waals surface area contributed by atoms with Gasteiger partial charge in [-0.25, -0.2) is 4.98 Å². The second-order valence-electron chi connectivity index (χ2n) is 5.02. The van der Waals surface area contributed by atoms with Gasteiger partial charge >= 0.3 is 0 Å². The Morgan fingerprint density at radius 1 is 1.59 bits per heavy atom. The van der Waals surface area contributed by atoms with Gasteiger partial charge in [0.2, 0.25) is 0 Å². The molecule has 1 rings (SSSR count). The van der Waals surface area contributed by atoms with Crippen LogP contribution in [0.3, 0.4) is 0 Å². The van der Waals surface area contributed by atoms with Crippen LogP contribution in [0.5, 0.6) is 0 Å². The molecule has 0 bridgehead atoms. The zero-order valence-electron chi connectivity index (χ0n) is 10.8. The highest BCUT2D eigenvalue weighted by molar-refractivity contribution is 5.38. The molecular weight excluding hydrogens is 214 g/mol. The zero-order valence-corrected chi connectivity index (χ0v) is 10.8. The van der Waals surface area contributed by atoms with Crippen molar-refractivity contribution in [1.82, 2.24) is 9.55 Å². The molecule has 0 saturated carbocycles. The first-order valence-corrected chi connectivity index (χ1v) is 5.67. The number of rotatable bonds is 4. The Morgan fingerprint density at radius 3 is 2.76 bits per heavy atom. The average Bonchev–Trinajstić information content (AvgIpc) is 2.23. The molecule has 0 fully saturated rings. The van der Waals surface area contributed by atoms with Crippen molar-refractivity contribution in [3.05, 3.63) is 22.7 Å². The summed E-state index contributed by atoms with van der Waals surface area (Å²) < 4.78 is 1.65. The number of nitrogens with one attached hydrogen (secondary N) is 1. The molecule has 1 aromatic rings. The SMILES string of the molecule is C#CC(C)(C)Nc1nccn(CC(C)C)c1=O. The van der Waals surface area contributed by atoms with Crippen LogP contribution in [0.4, 0.5) is 5.82 Å². The van der Waals surface area contributed by atoms with Crippen LogP contribution in [-0.2, 0) is 6.54 Å². The molecule has 1 heterocycles. The number of nitrogens with zero attached hydrogens (tertiary/aromatic N) is 2. The molecule has 0 spiro atoms. The normalized spacial score (nSPS) is 11.3. The summed E-state index contributed by atoms with van der Waals surface area (Å²) in [6.45, 7) is 8.45. The van der Waals surface area contributed by atoms with Gasteiger partial charge in [0.25, 0.3) is 5.56 Å². The summed E-state index contributed by atoms with van der Waals surface area (Å²) in [5, 5.41) is 2.97. The topological polar surface area (TPSA) is 46.9 Å². The molecule has 0 aliphatic carbocycles. The number of terminal acetylenes is 1. The molecule has 0 radical (unpaired) electrons. The van der Waals surface area contributed by atoms with Gasteiger partial charge < -0.3 is 9.88 Å². The van der Waals surface area contributed by atoms with E-state index in [1.54, 1.807) is 17.0 Å². The van der Waals surface area contributed by atoms with Gasteiger partial charge in [0.05, 0.1) is 5.54 Å². The molecular formula is C13H19N3O. The highest BCUT2D eigenvalue weighted by atomic mass is 16.1. The van der Waals surface area contributed by atoms with E-state index in [2.05, 4.69) is 30.1 Å². The summed E-state index contributed by atoms with van der Waals surface area (Å²) in [7, 11) is 0. The Hall–Kier alpha value is -1.76. The summed E-state index contributed by atoms with van der Waals surface area (Å²) in [6.07, 6.45) is 8.67. The minimum Gasteiger partial charge on any atom is -0.350 e. The zero-order chi connectivity index (χ0) is 13.1. The van der Waals surface area contributed by atoms with Crippen LogP contribution in [0.1, 0.15) is 27.7 Å². The lowest BCUT2D eigenvalue weighted by Crippen LogP contribution is -2.35. The first kappa shape index (κ1) is 13.3. The maximum Gasteiger partial charge on any atom is 0.293 e. The number of anilines is 1. The predicted molar refractivity (Wildman–Crippen MR) is 69.9 cm³/mol. The molecule has 92 valence electrons. The maximum atomic E-state index is 12.1. The number of aromatic nitrogens is 2. The summed E-state index contributed by atoms with van der Waals surface area (Å²) in [4.78, 5) is 16.1. The van der Waals surface area contributed by atoms with E-state index >= 15 is 0 Å². The van der Waals surface area contributed by atoms with Crippen molar-refractivity contribution >= 4 is 5.82 Å². The fourth-order valence-corrected chi connectivity index (χ4v) is 1.40. The van der Waals surface area contributed by atoms with Crippen LogP contribution in [-0.4, -0.2) is 15.1 Å². The van der Waals surface area contributed by atoms with Crippen LogP contribution < -0.4 is 10.9 Å². The van der Waals surface area contributed by atoms with Crippen molar-refractivity contribution in [2.45, 2.75) is 39.8 Å². The quantitative estimate of drug-likeness (QED) is 0.805. The predicted octanol–water partition coefficient (Wildman–Crippen LogP) is 1.72. The van der Waals surface area contributed by atoms with Gasteiger partial charge in [0.15, 0.2) is 5.82 Å². The van der Waals surface area contributed by atoms with Crippen molar-refractivity contribution < 1.29 is 0 Å². The van der Waals surface area contributed by atoms with E-state index in [0.717, 1.165) is 0 Å². The molecule has 0 saturated heterocycles. The highest BCUT2D eigenvalue weighted by Gasteiger charge is 2.16. The van der Waals surface area contributed by atoms with E-state index in [9.17, 15) is 4.79 Å². The summed E-state index contributed by atoms with van der Waals surface area (Å²) >= 11 is 0. The monoisotopic (exact) mass is 233 g/mol. The summed E-state index contributed by atoms with van der Waals surface area (Å²) in [5.74, 6) is 3.29.